The van der Waals surface area contributed by atoms with Crippen molar-refractivity contribution in [1.82, 2.24) is 0 Å². The molecule has 0 atom stereocenters. The fourth-order valence-electron chi connectivity index (χ4n) is 0.212. The van der Waals surface area contributed by atoms with Crippen molar-refractivity contribution in [1.29, 1.82) is 0 Å². The smallest absolute Gasteiger partial charge is 0.422 e. The van der Waals surface area contributed by atoms with Crippen molar-refractivity contribution in [3.8, 4) is 0 Å². The van der Waals surface area contributed by atoms with E-state index in [1.54, 1.807) is 0 Å². The highest BCUT2D eigenvalue weighted by Gasteiger charge is 2.28. The quantitative estimate of drug-likeness (QED) is 0.359. The van der Waals surface area contributed by atoms with Crippen molar-refractivity contribution in [2.45, 2.75) is 6.18 Å². The van der Waals surface area contributed by atoms with E-state index in [-0.39, 0.29) is 4.70 Å². The molecule has 0 spiro atoms. The maximum absolute atomic E-state index is 11.2. The third kappa shape index (κ3) is 8.93. The molecule has 0 aromatic heterocycles. The highest BCUT2D eigenvalue weighted by molar-refractivity contribution is 5.81. The van der Waals surface area contributed by atoms with Gasteiger partial charge in [0.2, 0.25) is 0 Å². The van der Waals surface area contributed by atoms with Gasteiger partial charge < -0.3 is 4.74 Å². The highest BCUT2D eigenvalue weighted by atomic mass is 19.4. The van der Waals surface area contributed by atoms with Gasteiger partial charge in [-0.25, -0.2) is 4.79 Å². The molecule has 6 heteroatoms. The minimum atomic E-state index is -4.46. The van der Waals surface area contributed by atoms with Crippen LogP contribution in [0.25, 0.3) is 0 Å². The Morgan fingerprint density at radius 3 is 2.27 bits per heavy atom. The topological polar surface area (TPSA) is 26.3 Å². The molecule has 0 bridgehead atoms. The number of halogens is 4. The molecule has 0 N–H and O–H groups in total. The van der Waals surface area contributed by atoms with Crippen molar-refractivity contribution in [3.63, 3.8) is 0 Å². The molecule has 0 aliphatic carbocycles. The lowest BCUT2D eigenvalue weighted by atomic mass is 10.6. The van der Waals surface area contributed by atoms with Crippen LogP contribution < -0.4 is 0 Å². The lowest BCUT2D eigenvalue weighted by molar-refractivity contribution is -0.182. The molecule has 0 aliphatic rings. The largest absolute Gasteiger partial charge is 0.453 e. The van der Waals surface area contributed by atoms with Gasteiger partial charge in [-0.05, 0) is 0 Å². The van der Waals surface area contributed by atoms with Crippen LogP contribution in [0.5, 0.6) is 0 Å². The fourth-order valence-corrected chi connectivity index (χ4v) is 0.212. The molecule has 11 heavy (non-hydrogen) atoms. The number of hydrogen-bond acceptors (Lipinski definition) is 2. The van der Waals surface area contributed by atoms with E-state index in [0.717, 1.165) is 0 Å². The summed E-state index contributed by atoms with van der Waals surface area (Å²) < 4.78 is 37.4. The van der Waals surface area contributed by atoms with E-state index in [1.165, 1.54) is 0 Å². The summed E-state index contributed by atoms with van der Waals surface area (Å²) in [7, 11) is 0. The van der Waals surface area contributed by atoms with Crippen molar-refractivity contribution >= 4 is 5.97 Å². The molecule has 0 aromatic rings. The molecule has 0 saturated heterocycles. The minimum Gasteiger partial charge on any atom is -0.453 e. The van der Waals surface area contributed by atoms with Crippen LogP contribution in [0.1, 0.15) is 0 Å². The Labute approximate surface area is 60.0 Å². The average molecular weight is 174 g/mol. The zero-order chi connectivity index (χ0) is 8.20. The van der Waals surface area contributed by atoms with Crippen LogP contribution >= 0.6 is 0 Å². The van der Waals surface area contributed by atoms with Gasteiger partial charge in [-0.3, -0.25) is 4.70 Å². The van der Waals surface area contributed by atoms with Crippen LogP contribution in [0.3, 0.4) is 0 Å². The van der Waals surface area contributed by atoms with Crippen LogP contribution in [0.2, 0.25) is 0 Å². The normalized spacial score (nSPS) is 9.73. The number of ether oxygens (including phenoxy) is 1. The monoisotopic (exact) mass is 174 g/mol. The molecule has 0 unspecified atom stereocenters. The number of rotatable bonds is 2. The van der Waals surface area contributed by atoms with Gasteiger partial charge in [0.05, 0.1) is 0 Å². The average Bonchev–Trinajstić information content (AvgIpc) is 1.81. The Bertz CT molecular complexity index is 140. The molecule has 0 aromatic carbocycles. The van der Waals surface area contributed by atoms with Gasteiger partial charge >= 0.3 is 12.1 Å². The SMILES string of the molecule is C=CC(=O)OCC(F)(F)F.F. The van der Waals surface area contributed by atoms with Gasteiger partial charge in [0.15, 0.2) is 6.61 Å². The van der Waals surface area contributed by atoms with E-state index in [0.29, 0.717) is 6.08 Å². The first-order valence-corrected chi connectivity index (χ1v) is 2.31. The molecule has 0 radical (unpaired) electrons. The predicted molar refractivity (Wildman–Crippen MR) is 29.7 cm³/mol. The Morgan fingerprint density at radius 1 is 1.55 bits per heavy atom. The number of hydrogen-bond donors (Lipinski definition) is 0. The third-order valence-corrected chi connectivity index (χ3v) is 0.545. The van der Waals surface area contributed by atoms with Crippen molar-refractivity contribution < 1.29 is 27.4 Å². The summed E-state index contributed by atoms with van der Waals surface area (Å²) in [6.45, 7) is 1.36. The van der Waals surface area contributed by atoms with Crippen LogP contribution in [0.15, 0.2) is 12.7 Å². The second-order valence-electron chi connectivity index (χ2n) is 1.43. The first-order chi connectivity index (χ1) is 4.45. The lowest BCUT2D eigenvalue weighted by Crippen LogP contribution is -2.19. The molecular formula is C5H6F4O2. The second kappa shape index (κ2) is 4.70. The molecule has 0 aliphatic heterocycles. The van der Waals surface area contributed by atoms with Gasteiger partial charge in [0.25, 0.3) is 0 Å². The van der Waals surface area contributed by atoms with Gasteiger partial charge in [-0.2, -0.15) is 13.2 Å². The summed E-state index contributed by atoms with van der Waals surface area (Å²) in [5.74, 6) is -1.07. The Kier molecular flexibility index (Phi) is 5.38. The molecule has 0 amide bonds. The maximum atomic E-state index is 11.2. The third-order valence-electron chi connectivity index (χ3n) is 0.545. The van der Waals surface area contributed by atoms with Gasteiger partial charge in [-0.1, -0.05) is 6.58 Å². The summed E-state index contributed by atoms with van der Waals surface area (Å²) >= 11 is 0. The predicted octanol–water partition coefficient (Wildman–Crippen LogP) is 1.43. The number of carbonyl (C=O) groups is 1. The first kappa shape index (κ1) is 12.6. The molecule has 2 nitrogen and oxygen atoms in total. The van der Waals surface area contributed by atoms with E-state index in [2.05, 4.69) is 11.3 Å². The van der Waals surface area contributed by atoms with Crippen molar-refractivity contribution in [3.05, 3.63) is 12.7 Å². The van der Waals surface area contributed by atoms with Crippen LogP contribution in [0, 0.1) is 0 Å². The summed E-state index contributed by atoms with van der Waals surface area (Å²) in [5.41, 5.74) is 0. The number of esters is 1. The molecule has 0 saturated carbocycles. The van der Waals surface area contributed by atoms with E-state index < -0.39 is 18.8 Å². The first-order valence-electron chi connectivity index (χ1n) is 2.31. The second-order valence-corrected chi connectivity index (χ2v) is 1.43. The van der Waals surface area contributed by atoms with Crippen LogP contribution in [0.4, 0.5) is 17.9 Å². The molecular weight excluding hydrogens is 168 g/mol. The number of alkyl halides is 3. The van der Waals surface area contributed by atoms with Gasteiger partial charge in [0.1, 0.15) is 0 Å². The maximum Gasteiger partial charge on any atom is 0.422 e. The zero-order valence-electron chi connectivity index (χ0n) is 5.35. The van der Waals surface area contributed by atoms with E-state index in [4.69, 9.17) is 0 Å². The number of carbonyl (C=O) groups excluding carboxylic acids is 1. The Hall–Kier alpha value is -1.07. The molecule has 0 fully saturated rings. The lowest BCUT2D eigenvalue weighted by Gasteiger charge is -2.04. The highest BCUT2D eigenvalue weighted by Crippen LogP contribution is 2.14. The standard InChI is InChI=1S/C5H5F3O2.FH/c1-2-4(9)10-3-5(6,7)8;/h2H,1,3H2;1H. The van der Waals surface area contributed by atoms with Crippen LogP contribution in [-0.2, 0) is 9.53 Å². The Morgan fingerprint density at radius 2 is 2.00 bits per heavy atom. The summed E-state index contributed by atoms with van der Waals surface area (Å²) in [6, 6.07) is 0. The summed E-state index contributed by atoms with van der Waals surface area (Å²) in [4.78, 5) is 10.0. The molecule has 0 rings (SSSR count). The van der Waals surface area contributed by atoms with E-state index in [1.807, 2.05) is 0 Å². The fraction of sp³-hybridized carbons (Fsp3) is 0.400. The Balaban J connectivity index is 0. The van der Waals surface area contributed by atoms with Gasteiger partial charge in [0, 0.05) is 6.08 Å². The molecule has 0 heterocycles. The zero-order valence-corrected chi connectivity index (χ0v) is 5.35. The van der Waals surface area contributed by atoms with Crippen LogP contribution in [-0.4, -0.2) is 18.8 Å². The summed E-state index contributed by atoms with van der Waals surface area (Å²) in [6.07, 6.45) is -3.79. The van der Waals surface area contributed by atoms with Crippen molar-refractivity contribution in [2.75, 3.05) is 6.61 Å². The van der Waals surface area contributed by atoms with Gasteiger partial charge in [-0.15, -0.1) is 0 Å². The summed E-state index contributed by atoms with van der Waals surface area (Å²) in [5, 5.41) is 0. The minimum absolute atomic E-state index is 0. The van der Waals surface area contributed by atoms with Crippen molar-refractivity contribution in [2.24, 2.45) is 0 Å². The molecule has 66 valence electrons. The van der Waals surface area contributed by atoms with E-state index >= 15 is 0 Å². The van der Waals surface area contributed by atoms with E-state index in [9.17, 15) is 18.0 Å².